The molecule has 1 aromatic heterocycles. The quantitative estimate of drug-likeness (QED) is 0.283. The Bertz CT molecular complexity index is 1360. The van der Waals surface area contributed by atoms with Gasteiger partial charge in [0, 0.05) is 10.8 Å². The van der Waals surface area contributed by atoms with Crippen LogP contribution in [-0.4, -0.2) is 11.2 Å². The van der Waals surface area contributed by atoms with Crippen molar-refractivity contribution < 1.29 is 4.68 Å². The van der Waals surface area contributed by atoms with E-state index in [4.69, 9.17) is 0 Å². The van der Waals surface area contributed by atoms with E-state index >= 15 is 0 Å². The summed E-state index contributed by atoms with van der Waals surface area (Å²) in [5.41, 5.74) is 5.36. The molecule has 0 N–H and O–H groups in total. The van der Waals surface area contributed by atoms with Crippen LogP contribution in [0.1, 0.15) is 0 Å². The molecule has 2 nitrogen and oxygen atoms in total. The molecule has 6 aromatic rings. The first-order chi connectivity index (χ1) is 17.8. The van der Waals surface area contributed by atoms with Crippen molar-refractivity contribution in [1.82, 2.24) is 5.10 Å². The molecule has 6 rings (SSSR count). The van der Waals surface area contributed by atoms with Gasteiger partial charge in [-0.05, 0) is 11.2 Å². The third-order valence-electron chi connectivity index (χ3n) is 6.90. The largest absolute Gasteiger partial charge is 0.203 e. The topological polar surface area (TPSA) is 16.8 Å². The van der Waals surface area contributed by atoms with E-state index in [1.807, 2.05) is 36.3 Å². The van der Waals surface area contributed by atoms with E-state index in [1.54, 1.807) is 0 Å². The zero-order chi connectivity index (χ0) is 24.6. The minimum absolute atomic E-state index is 1.19. The summed E-state index contributed by atoms with van der Waals surface area (Å²) < 4.78 is 1.81. The van der Waals surface area contributed by atoms with Gasteiger partial charge in [-0.3, -0.25) is 0 Å². The summed E-state index contributed by atoms with van der Waals surface area (Å²) >= 11 is 0. The second-order valence-electron chi connectivity index (χ2n) is 9.09. The first-order valence-electron chi connectivity index (χ1n) is 12.4. The molecular weight excluding hydrogens is 435 g/mol. The fourth-order valence-electron chi connectivity index (χ4n) is 5.26. The highest BCUT2D eigenvalue weighted by atomic mass is 15.2. The number of nitrogens with zero attached hydrogens (tertiary/aromatic N) is 2. The van der Waals surface area contributed by atoms with Crippen LogP contribution < -0.4 is 26.5 Å². The lowest BCUT2D eigenvalue weighted by molar-refractivity contribution is -0.729. The van der Waals surface area contributed by atoms with Gasteiger partial charge in [-0.2, -0.15) is 21.9 Å². The summed E-state index contributed by atoms with van der Waals surface area (Å²) in [6.45, 7) is 0. The van der Waals surface area contributed by atoms with Crippen molar-refractivity contribution in [3.8, 4) is 0 Å². The molecule has 0 aliphatic rings. The summed E-state index contributed by atoms with van der Waals surface area (Å²) in [6, 6.07) is 51.7. The van der Waals surface area contributed by atoms with Gasteiger partial charge >= 0.3 is 0 Å². The van der Waals surface area contributed by atoms with E-state index in [9.17, 15) is 0 Å². The Morgan fingerprint density at radius 3 is 1.17 bits per heavy atom. The monoisotopic (exact) mass is 464 g/mol. The smallest absolute Gasteiger partial charge is 0.195 e. The van der Waals surface area contributed by atoms with Crippen LogP contribution in [0.15, 0.2) is 158 Å². The fourth-order valence-corrected chi connectivity index (χ4v) is 5.26. The van der Waals surface area contributed by atoms with Gasteiger partial charge in [-0.25, -0.2) is 0 Å². The highest BCUT2D eigenvalue weighted by molar-refractivity contribution is 7.19. The van der Waals surface area contributed by atoms with E-state index in [-0.39, 0.29) is 0 Å². The molecule has 0 unspecified atom stereocenters. The molecule has 0 saturated heterocycles. The highest BCUT2D eigenvalue weighted by Gasteiger charge is 2.30. The Balaban J connectivity index is 0.000000202. The van der Waals surface area contributed by atoms with Gasteiger partial charge in [-0.15, -0.1) is 0 Å². The third-order valence-corrected chi connectivity index (χ3v) is 6.90. The molecule has 0 saturated carbocycles. The number of aryl methyl sites for hydroxylation is 1. The lowest BCUT2D eigenvalue weighted by atomic mass is 9.13. The number of hydrogen-bond donors (Lipinski definition) is 0. The Hall–Kier alpha value is -4.50. The van der Waals surface area contributed by atoms with Crippen molar-refractivity contribution in [1.29, 1.82) is 0 Å². The standard InChI is InChI=1S/C24H20B.C9H9N2/c1-5-13-21(14-6-1)25(22-15-7-2-8-16-22,23-17-9-3-10-18-23)24-19-11-4-12-20-24;1-11-7-9-5-3-2-4-8(9)6-10-11/h1-20H;2-7H,1H3/q-1;+1. The first kappa shape index (κ1) is 23.3. The number of hydrogen-bond acceptors (Lipinski definition) is 1. The minimum atomic E-state index is -1.22. The summed E-state index contributed by atoms with van der Waals surface area (Å²) in [5, 5.41) is 6.54. The van der Waals surface area contributed by atoms with Crippen LogP contribution in [0.4, 0.5) is 0 Å². The Morgan fingerprint density at radius 1 is 0.444 bits per heavy atom. The van der Waals surface area contributed by atoms with Gasteiger partial charge in [0.2, 0.25) is 6.20 Å². The molecule has 0 fully saturated rings. The lowest BCUT2D eigenvalue weighted by Crippen LogP contribution is -2.74. The number of aromatic nitrogens is 2. The Kier molecular flexibility index (Phi) is 7.00. The summed E-state index contributed by atoms with van der Waals surface area (Å²) in [6.07, 6.45) is 2.66. The molecule has 0 amide bonds. The highest BCUT2D eigenvalue weighted by Crippen LogP contribution is 2.09. The van der Waals surface area contributed by atoms with Crippen molar-refractivity contribution in [2.75, 3.05) is 0 Å². The van der Waals surface area contributed by atoms with E-state index in [0.29, 0.717) is 0 Å². The number of benzene rings is 5. The molecular formula is C33H29BN2. The molecule has 5 aromatic carbocycles. The average Bonchev–Trinajstić information content (AvgIpc) is 2.96. The zero-order valence-corrected chi connectivity index (χ0v) is 20.5. The predicted molar refractivity (Wildman–Crippen MR) is 153 cm³/mol. The van der Waals surface area contributed by atoms with Gasteiger partial charge in [0.05, 0.1) is 0 Å². The van der Waals surface area contributed by atoms with E-state index in [1.165, 1.54) is 32.6 Å². The minimum Gasteiger partial charge on any atom is -0.195 e. The zero-order valence-electron chi connectivity index (χ0n) is 20.5. The van der Waals surface area contributed by atoms with Crippen LogP contribution in [-0.2, 0) is 7.05 Å². The number of fused-ring (bicyclic) bond motifs is 1. The molecule has 174 valence electrons. The molecule has 1 heterocycles. The van der Waals surface area contributed by atoms with Gasteiger partial charge in [0.25, 0.3) is 0 Å². The van der Waals surface area contributed by atoms with Gasteiger partial charge < -0.3 is 0 Å². The maximum absolute atomic E-state index is 4.12. The maximum atomic E-state index is 4.12. The molecule has 0 aliphatic carbocycles. The van der Waals surface area contributed by atoms with Crippen molar-refractivity contribution in [3.05, 3.63) is 158 Å². The lowest BCUT2D eigenvalue weighted by Gasteiger charge is -2.44. The molecule has 36 heavy (non-hydrogen) atoms. The van der Waals surface area contributed by atoms with Crippen LogP contribution in [0, 0.1) is 0 Å². The third kappa shape index (κ3) is 4.69. The second-order valence-corrected chi connectivity index (χ2v) is 9.09. The van der Waals surface area contributed by atoms with Crippen LogP contribution in [0.3, 0.4) is 0 Å². The Labute approximate surface area is 213 Å². The van der Waals surface area contributed by atoms with E-state index in [2.05, 4.69) is 139 Å². The van der Waals surface area contributed by atoms with Gasteiger partial charge in [0.15, 0.2) is 7.05 Å². The van der Waals surface area contributed by atoms with Gasteiger partial charge in [-0.1, -0.05) is 144 Å². The molecule has 0 bridgehead atoms. The van der Waals surface area contributed by atoms with Crippen molar-refractivity contribution in [3.63, 3.8) is 0 Å². The second kappa shape index (κ2) is 10.8. The Morgan fingerprint density at radius 2 is 0.778 bits per heavy atom. The van der Waals surface area contributed by atoms with Crippen molar-refractivity contribution >= 4 is 38.8 Å². The molecule has 0 spiro atoms. The number of rotatable bonds is 4. The van der Waals surface area contributed by atoms with Crippen LogP contribution in [0.25, 0.3) is 10.8 Å². The first-order valence-corrected chi connectivity index (χ1v) is 12.4. The molecule has 0 radical (unpaired) electrons. The van der Waals surface area contributed by atoms with E-state index in [0.717, 1.165) is 0 Å². The van der Waals surface area contributed by atoms with Crippen LogP contribution in [0.2, 0.25) is 0 Å². The summed E-state index contributed by atoms with van der Waals surface area (Å²) in [4.78, 5) is 0. The van der Waals surface area contributed by atoms with Crippen LogP contribution in [0.5, 0.6) is 0 Å². The SMILES string of the molecule is C[n+]1cc2ccccc2cn1.c1ccc([B-](c2ccccc2)(c2ccccc2)c2ccccc2)cc1. The summed E-state index contributed by atoms with van der Waals surface area (Å²) in [5.74, 6) is 0. The average molecular weight is 464 g/mol. The van der Waals surface area contributed by atoms with Crippen molar-refractivity contribution in [2.24, 2.45) is 7.05 Å². The molecule has 0 atom stereocenters. The molecule has 0 aliphatic heterocycles. The predicted octanol–water partition coefficient (Wildman–Crippen LogP) is 4.12. The maximum Gasteiger partial charge on any atom is 0.203 e. The fraction of sp³-hybridized carbons (Fsp3) is 0.0303. The van der Waals surface area contributed by atoms with Crippen LogP contribution >= 0.6 is 0 Å². The normalized spacial score (nSPS) is 10.9. The molecule has 3 heteroatoms. The van der Waals surface area contributed by atoms with E-state index < -0.39 is 6.15 Å². The summed E-state index contributed by atoms with van der Waals surface area (Å²) in [7, 11) is 1.92. The van der Waals surface area contributed by atoms with Crippen molar-refractivity contribution in [2.45, 2.75) is 0 Å². The van der Waals surface area contributed by atoms with Gasteiger partial charge in [0.1, 0.15) is 12.3 Å².